The molecular weight excluding hydrogens is 550 g/mol. The fourth-order valence-corrected chi connectivity index (χ4v) is 5.58. The number of para-hydroxylation sites is 1. The summed E-state index contributed by atoms with van der Waals surface area (Å²) in [6.07, 6.45) is 1.86. The van der Waals surface area contributed by atoms with Gasteiger partial charge < -0.3 is 10.1 Å². The maximum atomic E-state index is 13.8. The number of carbonyl (C=O) groups excluding carboxylic acids is 1. The number of fused-ring (bicyclic) bond motifs is 1. The average Bonchev–Trinajstić information content (AvgIpc) is 3.20. The van der Waals surface area contributed by atoms with Crippen LogP contribution in [0.15, 0.2) is 104 Å². The van der Waals surface area contributed by atoms with E-state index in [1.807, 2.05) is 98.8 Å². The van der Waals surface area contributed by atoms with Crippen molar-refractivity contribution in [2.24, 2.45) is 4.99 Å². The number of thiazole rings is 1. The van der Waals surface area contributed by atoms with E-state index in [4.69, 9.17) is 9.73 Å². The second kappa shape index (κ2) is 10.7. The summed E-state index contributed by atoms with van der Waals surface area (Å²) < 4.78 is 8.75. The van der Waals surface area contributed by atoms with Gasteiger partial charge in [-0.1, -0.05) is 69.7 Å². The van der Waals surface area contributed by atoms with Crippen LogP contribution in [0.5, 0.6) is 5.75 Å². The molecule has 0 spiro atoms. The van der Waals surface area contributed by atoms with Crippen molar-refractivity contribution in [1.82, 2.24) is 4.57 Å². The van der Waals surface area contributed by atoms with Crippen LogP contribution < -0.4 is 24.9 Å². The summed E-state index contributed by atoms with van der Waals surface area (Å²) in [5.74, 6) is 0.429. The van der Waals surface area contributed by atoms with Crippen molar-refractivity contribution in [2.75, 3.05) is 11.9 Å². The molecule has 1 aliphatic rings. The molecule has 2 heterocycles. The van der Waals surface area contributed by atoms with Crippen molar-refractivity contribution < 1.29 is 9.53 Å². The van der Waals surface area contributed by atoms with Crippen molar-refractivity contribution in [1.29, 1.82) is 0 Å². The highest BCUT2D eigenvalue weighted by Gasteiger charge is 2.32. The zero-order valence-corrected chi connectivity index (χ0v) is 22.7. The predicted molar refractivity (Wildman–Crippen MR) is 151 cm³/mol. The van der Waals surface area contributed by atoms with Gasteiger partial charge in [0.2, 0.25) is 0 Å². The van der Waals surface area contributed by atoms with Gasteiger partial charge in [-0.25, -0.2) is 4.99 Å². The van der Waals surface area contributed by atoms with Crippen LogP contribution in [0, 0.1) is 0 Å². The number of carbonyl (C=O) groups is 1. The van der Waals surface area contributed by atoms with Crippen molar-refractivity contribution in [2.45, 2.75) is 19.9 Å². The molecule has 5 rings (SSSR count). The van der Waals surface area contributed by atoms with Crippen molar-refractivity contribution in [3.8, 4) is 5.75 Å². The smallest absolute Gasteiger partial charge is 0.271 e. The molecular formula is C29H24BrN3O3S. The zero-order valence-electron chi connectivity index (χ0n) is 20.3. The van der Waals surface area contributed by atoms with E-state index in [9.17, 15) is 9.59 Å². The summed E-state index contributed by atoms with van der Waals surface area (Å²) in [6, 6.07) is 23.9. The molecule has 6 nitrogen and oxygen atoms in total. The van der Waals surface area contributed by atoms with Crippen molar-refractivity contribution >= 4 is 44.9 Å². The Morgan fingerprint density at radius 3 is 2.46 bits per heavy atom. The minimum absolute atomic E-state index is 0.192. The van der Waals surface area contributed by atoms with Gasteiger partial charge in [0.25, 0.3) is 11.5 Å². The highest BCUT2D eigenvalue weighted by Crippen LogP contribution is 2.31. The Labute approximate surface area is 226 Å². The Hall–Kier alpha value is -3.75. The van der Waals surface area contributed by atoms with Crippen LogP contribution in [0.3, 0.4) is 0 Å². The molecule has 186 valence electrons. The predicted octanol–water partition coefficient (Wildman–Crippen LogP) is 5.04. The SMILES string of the molecule is CCOc1ccc([C@H]2C(C(=O)Nc3ccccc3)=C(C)N=c3s/c(=C\c4ccc(Br)cc4)c(=O)n32)cc1. The third-order valence-electron chi connectivity index (χ3n) is 5.97. The molecule has 0 unspecified atom stereocenters. The van der Waals surface area contributed by atoms with Gasteiger partial charge in [0.15, 0.2) is 4.80 Å². The minimum Gasteiger partial charge on any atom is -0.494 e. The first-order valence-corrected chi connectivity index (χ1v) is 13.4. The van der Waals surface area contributed by atoms with E-state index in [2.05, 4.69) is 21.2 Å². The van der Waals surface area contributed by atoms with Gasteiger partial charge >= 0.3 is 0 Å². The number of anilines is 1. The Kier molecular flexibility index (Phi) is 7.21. The number of nitrogens with zero attached hydrogens (tertiary/aromatic N) is 2. The van der Waals surface area contributed by atoms with Gasteiger partial charge in [-0.3, -0.25) is 14.2 Å². The Bertz CT molecular complexity index is 1650. The summed E-state index contributed by atoms with van der Waals surface area (Å²) in [6.45, 7) is 4.29. The van der Waals surface area contributed by atoms with Crippen molar-refractivity contribution in [3.63, 3.8) is 0 Å². The van der Waals surface area contributed by atoms with Crippen LogP contribution in [0.25, 0.3) is 6.08 Å². The maximum absolute atomic E-state index is 13.8. The number of hydrogen-bond donors (Lipinski definition) is 1. The van der Waals surface area contributed by atoms with Gasteiger partial charge in [0.1, 0.15) is 5.75 Å². The van der Waals surface area contributed by atoms with Gasteiger partial charge in [-0.2, -0.15) is 0 Å². The molecule has 1 atom stereocenters. The lowest BCUT2D eigenvalue weighted by Crippen LogP contribution is -2.40. The molecule has 0 radical (unpaired) electrons. The fraction of sp³-hybridized carbons (Fsp3) is 0.138. The van der Waals surface area contributed by atoms with Crippen LogP contribution in [0.2, 0.25) is 0 Å². The summed E-state index contributed by atoms with van der Waals surface area (Å²) in [5, 5.41) is 2.97. The van der Waals surface area contributed by atoms with Crippen LogP contribution in [-0.4, -0.2) is 17.1 Å². The first-order valence-electron chi connectivity index (χ1n) is 11.8. The Balaban J connectivity index is 1.65. The molecule has 1 amide bonds. The number of aromatic nitrogens is 1. The van der Waals surface area contributed by atoms with Gasteiger partial charge in [-0.15, -0.1) is 0 Å². The van der Waals surface area contributed by atoms with E-state index in [0.717, 1.165) is 21.3 Å². The molecule has 0 saturated carbocycles. The number of ether oxygens (including phenoxy) is 1. The molecule has 0 aliphatic carbocycles. The molecule has 1 N–H and O–H groups in total. The van der Waals surface area contributed by atoms with Crippen LogP contribution >= 0.6 is 27.3 Å². The van der Waals surface area contributed by atoms with Crippen molar-refractivity contribution in [3.05, 3.63) is 125 Å². The fourth-order valence-electron chi connectivity index (χ4n) is 4.27. The zero-order chi connectivity index (χ0) is 25.9. The largest absolute Gasteiger partial charge is 0.494 e. The number of nitrogens with one attached hydrogen (secondary N) is 1. The highest BCUT2D eigenvalue weighted by molar-refractivity contribution is 9.10. The van der Waals surface area contributed by atoms with E-state index >= 15 is 0 Å². The lowest BCUT2D eigenvalue weighted by atomic mass is 9.95. The van der Waals surface area contributed by atoms with Crippen LogP contribution in [0.4, 0.5) is 5.69 Å². The first kappa shape index (κ1) is 24.9. The Morgan fingerprint density at radius 1 is 1.08 bits per heavy atom. The summed E-state index contributed by atoms with van der Waals surface area (Å²) in [4.78, 5) is 32.6. The second-order valence-corrected chi connectivity index (χ2v) is 10.4. The Morgan fingerprint density at radius 2 is 1.78 bits per heavy atom. The standard InChI is InChI=1S/C29H24BrN3O3S/c1-3-36-23-15-11-20(12-16-23)26-25(27(34)32-22-7-5-4-6-8-22)18(2)31-29-33(26)28(35)24(37-29)17-19-9-13-21(30)14-10-19/h4-17,26H,3H2,1-2H3,(H,32,34)/b24-17-/t26-/m0/s1. The lowest BCUT2D eigenvalue weighted by Gasteiger charge is -2.25. The average molecular weight is 575 g/mol. The first-order chi connectivity index (χ1) is 17.9. The molecule has 1 aliphatic heterocycles. The molecule has 0 saturated heterocycles. The third-order valence-corrected chi connectivity index (χ3v) is 7.48. The number of rotatable bonds is 6. The van der Waals surface area contributed by atoms with E-state index in [-0.39, 0.29) is 11.5 Å². The highest BCUT2D eigenvalue weighted by atomic mass is 79.9. The monoisotopic (exact) mass is 573 g/mol. The number of hydrogen-bond acceptors (Lipinski definition) is 5. The number of halogens is 1. The minimum atomic E-state index is -0.636. The second-order valence-electron chi connectivity index (χ2n) is 8.46. The molecule has 4 aromatic rings. The lowest BCUT2D eigenvalue weighted by molar-refractivity contribution is -0.113. The molecule has 1 aromatic heterocycles. The molecule has 37 heavy (non-hydrogen) atoms. The molecule has 8 heteroatoms. The van der Waals surface area contributed by atoms with E-state index in [0.29, 0.717) is 32.9 Å². The van der Waals surface area contributed by atoms with E-state index in [1.54, 1.807) is 4.57 Å². The van der Waals surface area contributed by atoms with Gasteiger partial charge in [-0.05, 0) is 67.4 Å². The summed E-state index contributed by atoms with van der Waals surface area (Å²) in [7, 11) is 0. The maximum Gasteiger partial charge on any atom is 0.271 e. The summed E-state index contributed by atoms with van der Waals surface area (Å²) in [5.41, 5.74) is 3.18. The van der Waals surface area contributed by atoms with E-state index < -0.39 is 6.04 Å². The topological polar surface area (TPSA) is 72.7 Å². The van der Waals surface area contributed by atoms with E-state index in [1.165, 1.54) is 11.3 Å². The van der Waals surface area contributed by atoms with Gasteiger partial charge in [0, 0.05) is 10.2 Å². The number of allylic oxidation sites excluding steroid dienone is 1. The number of amides is 1. The molecule has 0 bridgehead atoms. The molecule has 3 aromatic carbocycles. The van der Waals surface area contributed by atoms with Crippen LogP contribution in [-0.2, 0) is 4.79 Å². The van der Waals surface area contributed by atoms with Gasteiger partial charge in [0.05, 0.1) is 28.5 Å². The third kappa shape index (κ3) is 5.21. The summed E-state index contributed by atoms with van der Waals surface area (Å²) >= 11 is 4.76. The quantitative estimate of drug-likeness (QED) is 0.351. The number of benzene rings is 3. The normalized spacial score (nSPS) is 15.2. The molecule has 0 fully saturated rings. The van der Waals surface area contributed by atoms with Crippen LogP contribution in [0.1, 0.15) is 31.0 Å².